The number of carbonyl (C=O) groups is 1. The average molecular weight is 275 g/mol. The van der Waals surface area contributed by atoms with Crippen LogP contribution < -0.4 is 5.32 Å². The molecule has 1 saturated heterocycles. The lowest BCUT2D eigenvalue weighted by Crippen LogP contribution is -2.42. The minimum atomic E-state index is -0.406. The summed E-state index contributed by atoms with van der Waals surface area (Å²) in [7, 11) is 0. The zero-order valence-corrected chi connectivity index (χ0v) is 13.0. The van der Waals surface area contributed by atoms with Crippen molar-refractivity contribution in [2.45, 2.75) is 46.1 Å². The van der Waals surface area contributed by atoms with E-state index in [0.29, 0.717) is 11.5 Å². The smallest absolute Gasteiger partial charge is 0.338 e. The molecule has 20 heavy (non-hydrogen) atoms. The molecule has 0 aromatic heterocycles. The lowest BCUT2D eigenvalue weighted by atomic mass is 9.83. The van der Waals surface area contributed by atoms with Crippen molar-refractivity contribution in [3.8, 4) is 0 Å². The molecule has 0 radical (unpaired) electrons. The molecule has 0 aliphatic carbocycles. The minimum Gasteiger partial charge on any atom is -0.456 e. The highest BCUT2D eigenvalue weighted by Gasteiger charge is 2.34. The Hall–Kier alpha value is -1.35. The second kappa shape index (κ2) is 5.96. The Morgan fingerprint density at radius 2 is 1.70 bits per heavy atom. The monoisotopic (exact) mass is 275 g/mol. The largest absolute Gasteiger partial charge is 0.456 e. The molecule has 0 atom stereocenters. The van der Waals surface area contributed by atoms with E-state index in [1.54, 1.807) is 0 Å². The van der Waals surface area contributed by atoms with Gasteiger partial charge >= 0.3 is 5.97 Å². The van der Waals surface area contributed by atoms with Gasteiger partial charge in [-0.25, -0.2) is 4.79 Å². The molecule has 3 nitrogen and oxygen atoms in total. The molecular formula is C17H25NO2. The summed E-state index contributed by atoms with van der Waals surface area (Å²) in [5, 5.41) is 3.35. The van der Waals surface area contributed by atoms with Crippen LogP contribution in [0.1, 0.15) is 48.2 Å². The molecule has 1 aliphatic rings. The van der Waals surface area contributed by atoms with Crippen molar-refractivity contribution in [2.75, 3.05) is 13.1 Å². The van der Waals surface area contributed by atoms with Crippen molar-refractivity contribution >= 4 is 5.97 Å². The maximum absolute atomic E-state index is 12.4. The number of hydrogen-bond acceptors (Lipinski definition) is 3. The average Bonchev–Trinajstić information content (AvgIpc) is 2.38. The summed E-state index contributed by atoms with van der Waals surface area (Å²) < 4.78 is 5.81. The molecule has 0 unspecified atom stereocenters. The lowest BCUT2D eigenvalue weighted by molar-refractivity contribution is -0.0368. The fraction of sp³-hybridized carbons (Fsp3) is 0.588. The minimum absolute atomic E-state index is 0.208. The number of esters is 1. The van der Waals surface area contributed by atoms with Crippen LogP contribution in [0.4, 0.5) is 0 Å². The number of carbonyl (C=O) groups excluding carboxylic acids is 1. The van der Waals surface area contributed by atoms with E-state index < -0.39 is 5.60 Å². The summed E-state index contributed by atoms with van der Waals surface area (Å²) >= 11 is 0. The van der Waals surface area contributed by atoms with Crippen LogP contribution >= 0.6 is 0 Å². The van der Waals surface area contributed by atoms with Crippen LogP contribution in [-0.4, -0.2) is 24.7 Å². The highest BCUT2D eigenvalue weighted by Crippen LogP contribution is 2.30. The van der Waals surface area contributed by atoms with Gasteiger partial charge in [-0.15, -0.1) is 0 Å². The van der Waals surface area contributed by atoms with Crippen LogP contribution in [0, 0.1) is 19.8 Å². The Bertz CT molecular complexity index is 468. The van der Waals surface area contributed by atoms with Gasteiger partial charge in [0.15, 0.2) is 0 Å². The number of hydrogen-bond donors (Lipinski definition) is 1. The Balaban J connectivity index is 2.09. The van der Waals surface area contributed by atoms with E-state index in [0.717, 1.165) is 37.1 Å². The predicted molar refractivity (Wildman–Crippen MR) is 81.0 cm³/mol. The van der Waals surface area contributed by atoms with Gasteiger partial charge in [0.25, 0.3) is 0 Å². The van der Waals surface area contributed by atoms with E-state index in [4.69, 9.17) is 4.74 Å². The molecular weight excluding hydrogens is 250 g/mol. The van der Waals surface area contributed by atoms with Crippen LogP contribution in [0.2, 0.25) is 0 Å². The molecule has 1 heterocycles. The maximum atomic E-state index is 12.4. The van der Waals surface area contributed by atoms with Crippen LogP contribution in [0.25, 0.3) is 0 Å². The number of rotatable bonds is 3. The zero-order chi connectivity index (χ0) is 14.8. The first-order chi connectivity index (χ1) is 9.38. The Kier molecular flexibility index (Phi) is 4.48. The molecule has 110 valence electrons. The Morgan fingerprint density at radius 3 is 2.25 bits per heavy atom. The molecule has 0 spiro atoms. The van der Waals surface area contributed by atoms with Crippen molar-refractivity contribution in [2.24, 2.45) is 5.92 Å². The SMILES string of the molecule is Cc1cc(C)cc(C(=O)OC(C)(C)C2CCNCC2)c1. The number of nitrogens with one attached hydrogen (secondary N) is 1. The van der Waals surface area contributed by atoms with E-state index in [9.17, 15) is 4.79 Å². The Labute approximate surface area is 121 Å². The lowest BCUT2D eigenvalue weighted by Gasteiger charge is -2.36. The van der Waals surface area contributed by atoms with Gasteiger partial charge in [0.1, 0.15) is 5.60 Å². The van der Waals surface area contributed by atoms with Gasteiger partial charge < -0.3 is 10.1 Å². The molecule has 3 heteroatoms. The summed E-state index contributed by atoms with van der Waals surface area (Å²) in [5.41, 5.74) is 2.44. The zero-order valence-electron chi connectivity index (χ0n) is 13.0. The molecule has 1 aromatic carbocycles. The molecule has 0 amide bonds. The molecule has 1 N–H and O–H groups in total. The van der Waals surface area contributed by atoms with Gasteiger partial charge in [-0.1, -0.05) is 17.2 Å². The van der Waals surface area contributed by atoms with E-state index >= 15 is 0 Å². The molecule has 1 fully saturated rings. The van der Waals surface area contributed by atoms with Crippen LogP contribution in [-0.2, 0) is 4.74 Å². The number of piperidine rings is 1. The van der Waals surface area contributed by atoms with E-state index in [1.807, 2.05) is 39.8 Å². The maximum Gasteiger partial charge on any atom is 0.338 e. The second-order valence-electron chi connectivity index (χ2n) is 6.39. The van der Waals surface area contributed by atoms with Crippen LogP contribution in [0.15, 0.2) is 18.2 Å². The summed E-state index contributed by atoms with van der Waals surface area (Å²) in [6.45, 7) is 10.1. The first kappa shape index (κ1) is 15.0. The van der Waals surface area contributed by atoms with Crippen LogP contribution in [0.3, 0.4) is 0 Å². The molecule has 0 saturated carbocycles. The van der Waals surface area contributed by atoms with Crippen LogP contribution in [0.5, 0.6) is 0 Å². The Morgan fingerprint density at radius 1 is 1.15 bits per heavy atom. The third-order valence-corrected chi connectivity index (χ3v) is 4.14. The summed E-state index contributed by atoms with van der Waals surface area (Å²) in [6, 6.07) is 5.86. The van der Waals surface area contributed by atoms with Crippen molar-refractivity contribution in [3.63, 3.8) is 0 Å². The van der Waals surface area contributed by atoms with Crippen molar-refractivity contribution in [1.29, 1.82) is 0 Å². The van der Waals surface area contributed by atoms with E-state index in [2.05, 4.69) is 11.4 Å². The van der Waals surface area contributed by atoms with Gasteiger partial charge in [-0.3, -0.25) is 0 Å². The number of benzene rings is 1. The van der Waals surface area contributed by atoms with Crippen molar-refractivity contribution in [3.05, 3.63) is 34.9 Å². The van der Waals surface area contributed by atoms with Gasteiger partial charge in [0.05, 0.1) is 5.56 Å². The molecule has 2 rings (SSSR count). The van der Waals surface area contributed by atoms with E-state index in [-0.39, 0.29) is 5.97 Å². The third-order valence-electron chi connectivity index (χ3n) is 4.14. The first-order valence-corrected chi connectivity index (χ1v) is 7.41. The fourth-order valence-electron chi connectivity index (χ4n) is 2.99. The topological polar surface area (TPSA) is 38.3 Å². The first-order valence-electron chi connectivity index (χ1n) is 7.41. The second-order valence-corrected chi connectivity index (χ2v) is 6.39. The third kappa shape index (κ3) is 3.60. The highest BCUT2D eigenvalue weighted by atomic mass is 16.6. The fourth-order valence-corrected chi connectivity index (χ4v) is 2.99. The van der Waals surface area contributed by atoms with Crippen molar-refractivity contribution < 1.29 is 9.53 Å². The number of aryl methyl sites for hydroxylation is 2. The summed E-state index contributed by atoms with van der Waals surface area (Å²) in [5.74, 6) is 0.221. The molecule has 0 bridgehead atoms. The normalized spacial score (nSPS) is 17.0. The predicted octanol–water partition coefficient (Wildman–Crippen LogP) is 3.24. The van der Waals surface area contributed by atoms with Gasteiger partial charge in [-0.05, 0) is 65.8 Å². The van der Waals surface area contributed by atoms with Gasteiger partial charge in [-0.2, -0.15) is 0 Å². The molecule has 1 aromatic rings. The molecule has 1 aliphatic heterocycles. The van der Waals surface area contributed by atoms with E-state index in [1.165, 1.54) is 0 Å². The van der Waals surface area contributed by atoms with Gasteiger partial charge in [0.2, 0.25) is 0 Å². The highest BCUT2D eigenvalue weighted by molar-refractivity contribution is 5.90. The van der Waals surface area contributed by atoms with Crippen molar-refractivity contribution in [1.82, 2.24) is 5.32 Å². The quantitative estimate of drug-likeness (QED) is 0.861. The summed E-state index contributed by atoms with van der Waals surface area (Å²) in [6.07, 6.45) is 2.13. The summed E-state index contributed by atoms with van der Waals surface area (Å²) in [4.78, 5) is 12.4. The standard InChI is InChI=1S/C17H25NO2/c1-12-9-13(2)11-14(10-12)16(19)20-17(3,4)15-5-7-18-8-6-15/h9-11,15,18H,5-8H2,1-4H3. The number of ether oxygens (including phenoxy) is 1. The van der Waals surface area contributed by atoms with Gasteiger partial charge in [0, 0.05) is 5.92 Å².